The molecule has 1 N–H and O–H groups in total. The third-order valence-electron chi connectivity index (χ3n) is 5.24. The number of carbonyl (C=O) groups excluding carboxylic acids is 1. The molecule has 32 heavy (non-hydrogen) atoms. The smallest absolute Gasteiger partial charge is 0.255 e. The van der Waals surface area contributed by atoms with Gasteiger partial charge >= 0.3 is 0 Å². The van der Waals surface area contributed by atoms with Gasteiger partial charge in [0.25, 0.3) is 5.91 Å². The van der Waals surface area contributed by atoms with Crippen LogP contribution in [0.1, 0.15) is 10.4 Å². The van der Waals surface area contributed by atoms with Gasteiger partial charge in [-0.25, -0.2) is 0 Å². The minimum atomic E-state index is -0.254. The van der Waals surface area contributed by atoms with Crippen molar-refractivity contribution in [1.82, 2.24) is 14.7 Å². The first-order chi connectivity index (χ1) is 15.5. The molecule has 3 aromatic rings. The average Bonchev–Trinajstić information content (AvgIpc) is 3.13. The van der Waals surface area contributed by atoms with Crippen LogP contribution in [0.5, 0.6) is 5.75 Å². The van der Waals surface area contributed by atoms with Crippen LogP contribution in [-0.2, 0) is 11.8 Å². The lowest BCUT2D eigenvalue weighted by molar-refractivity contribution is 0.0323. The second kappa shape index (κ2) is 10.4. The van der Waals surface area contributed by atoms with E-state index in [2.05, 4.69) is 15.3 Å². The molecule has 0 spiro atoms. The van der Waals surface area contributed by atoms with Gasteiger partial charge in [-0.1, -0.05) is 29.3 Å². The lowest BCUT2D eigenvalue weighted by atomic mass is 10.1. The van der Waals surface area contributed by atoms with Crippen molar-refractivity contribution in [2.24, 2.45) is 7.05 Å². The summed E-state index contributed by atoms with van der Waals surface area (Å²) in [4.78, 5) is 15.0. The van der Waals surface area contributed by atoms with E-state index in [-0.39, 0.29) is 5.91 Å². The van der Waals surface area contributed by atoms with Crippen molar-refractivity contribution in [3.05, 3.63) is 64.3 Å². The van der Waals surface area contributed by atoms with E-state index < -0.39 is 0 Å². The Morgan fingerprint density at radius 2 is 2.00 bits per heavy atom. The second-order valence-corrected chi connectivity index (χ2v) is 8.29. The molecule has 9 heteroatoms. The molecule has 2 aromatic carbocycles. The van der Waals surface area contributed by atoms with Gasteiger partial charge in [-0.2, -0.15) is 5.10 Å². The highest BCUT2D eigenvalue weighted by molar-refractivity contribution is 6.33. The van der Waals surface area contributed by atoms with Gasteiger partial charge in [0.1, 0.15) is 12.4 Å². The SMILES string of the molecule is Cn1ncc(Cl)c1-c1cc(NC(=O)c2cccc(Cl)c2)ccc1OCCN1CCOCC1. The summed E-state index contributed by atoms with van der Waals surface area (Å²) in [5.74, 6) is 0.417. The van der Waals surface area contributed by atoms with E-state index in [0.717, 1.165) is 38.4 Å². The second-order valence-electron chi connectivity index (χ2n) is 7.44. The summed E-state index contributed by atoms with van der Waals surface area (Å²) in [6.07, 6.45) is 1.59. The first kappa shape index (κ1) is 22.6. The molecule has 0 bridgehead atoms. The molecule has 1 aliphatic heterocycles. The molecule has 168 valence electrons. The number of hydrogen-bond acceptors (Lipinski definition) is 5. The summed E-state index contributed by atoms with van der Waals surface area (Å²) in [6, 6.07) is 12.3. The number of hydrogen-bond donors (Lipinski definition) is 1. The van der Waals surface area contributed by atoms with Crippen LogP contribution >= 0.6 is 23.2 Å². The van der Waals surface area contributed by atoms with Crippen molar-refractivity contribution in [2.75, 3.05) is 44.8 Å². The van der Waals surface area contributed by atoms with Crippen molar-refractivity contribution >= 4 is 34.8 Å². The van der Waals surface area contributed by atoms with Crippen LogP contribution in [0.4, 0.5) is 5.69 Å². The first-order valence-corrected chi connectivity index (χ1v) is 11.1. The summed E-state index contributed by atoms with van der Waals surface area (Å²) < 4.78 is 13.2. The fourth-order valence-electron chi connectivity index (χ4n) is 3.57. The molecular weight excluding hydrogens is 451 g/mol. The zero-order chi connectivity index (χ0) is 22.5. The summed E-state index contributed by atoms with van der Waals surface area (Å²) in [5, 5.41) is 8.16. The molecule has 1 saturated heterocycles. The Kier molecular flexibility index (Phi) is 7.32. The standard InChI is InChI=1S/C23H24Cl2N4O3/c1-28-22(20(25)15-26-28)19-14-18(27-23(30)16-3-2-4-17(24)13-16)5-6-21(19)32-12-9-29-7-10-31-11-8-29/h2-6,13-15H,7-12H2,1H3,(H,27,30). The number of morpholine rings is 1. The monoisotopic (exact) mass is 474 g/mol. The zero-order valence-electron chi connectivity index (χ0n) is 17.7. The summed E-state index contributed by atoms with van der Waals surface area (Å²) >= 11 is 12.4. The maximum atomic E-state index is 12.7. The van der Waals surface area contributed by atoms with Crippen molar-refractivity contribution in [3.63, 3.8) is 0 Å². The number of aromatic nitrogens is 2. The molecule has 1 aromatic heterocycles. The van der Waals surface area contributed by atoms with Gasteiger partial charge in [-0.3, -0.25) is 14.4 Å². The Hall–Kier alpha value is -2.58. The van der Waals surface area contributed by atoms with E-state index in [1.807, 2.05) is 19.2 Å². The molecule has 2 heterocycles. The minimum absolute atomic E-state index is 0.254. The summed E-state index contributed by atoms with van der Waals surface area (Å²) in [7, 11) is 1.82. The van der Waals surface area contributed by atoms with Crippen LogP contribution in [0.25, 0.3) is 11.3 Å². The van der Waals surface area contributed by atoms with Crippen molar-refractivity contribution in [1.29, 1.82) is 0 Å². The fourth-order valence-corrected chi connectivity index (χ4v) is 4.03. The number of nitrogens with one attached hydrogen (secondary N) is 1. The number of anilines is 1. The molecule has 0 aliphatic carbocycles. The maximum absolute atomic E-state index is 12.7. The van der Waals surface area contributed by atoms with Gasteiger partial charge in [0.05, 0.1) is 30.1 Å². The van der Waals surface area contributed by atoms with Crippen molar-refractivity contribution in [2.45, 2.75) is 0 Å². The predicted molar refractivity (Wildman–Crippen MR) is 126 cm³/mol. The van der Waals surface area contributed by atoms with Crippen LogP contribution in [-0.4, -0.2) is 60.0 Å². The lowest BCUT2D eigenvalue weighted by Crippen LogP contribution is -2.38. The third kappa shape index (κ3) is 5.42. The van der Waals surface area contributed by atoms with E-state index >= 15 is 0 Å². The third-order valence-corrected chi connectivity index (χ3v) is 5.75. The van der Waals surface area contributed by atoms with E-state index in [9.17, 15) is 4.79 Å². The molecular formula is C23H24Cl2N4O3. The van der Waals surface area contributed by atoms with Gasteiger partial charge in [0.2, 0.25) is 0 Å². The number of rotatable bonds is 7. The van der Waals surface area contributed by atoms with Crippen molar-refractivity contribution < 1.29 is 14.3 Å². The molecule has 1 aliphatic rings. The normalized spacial score (nSPS) is 14.3. The Morgan fingerprint density at radius 3 is 2.72 bits per heavy atom. The molecule has 7 nitrogen and oxygen atoms in total. The highest BCUT2D eigenvalue weighted by Gasteiger charge is 2.17. The zero-order valence-corrected chi connectivity index (χ0v) is 19.2. The molecule has 0 unspecified atom stereocenters. The first-order valence-electron chi connectivity index (χ1n) is 10.3. The molecule has 0 saturated carbocycles. The summed E-state index contributed by atoms with van der Waals surface area (Å²) in [6.45, 7) is 4.62. The Bertz CT molecular complexity index is 1080. The quantitative estimate of drug-likeness (QED) is 0.550. The highest BCUT2D eigenvalue weighted by Crippen LogP contribution is 2.36. The van der Waals surface area contributed by atoms with Gasteiger partial charge in [-0.05, 0) is 36.4 Å². The molecule has 4 rings (SSSR count). The highest BCUT2D eigenvalue weighted by atomic mass is 35.5. The largest absolute Gasteiger partial charge is 0.492 e. The van der Waals surface area contributed by atoms with E-state index in [4.69, 9.17) is 32.7 Å². The van der Waals surface area contributed by atoms with Gasteiger partial charge in [0.15, 0.2) is 0 Å². The van der Waals surface area contributed by atoms with Crippen LogP contribution in [0.2, 0.25) is 10.0 Å². The number of halogens is 2. The van der Waals surface area contributed by atoms with E-state index in [1.54, 1.807) is 41.2 Å². The topological polar surface area (TPSA) is 68.6 Å². The molecule has 0 atom stereocenters. The van der Waals surface area contributed by atoms with Crippen LogP contribution in [0.15, 0.2) is 48.7 Å². The Labute approximate surface area is 196 Å². The summed E-state index contributed by atoms with van der Waals surface area (Å²) in [5.41, 5.74) is 2.55. The Balaban J connectivity index is 1.55. The molecule has 1 amide bonds. The van der Waals surface area contributed by atoms with Gasteiger partial charge < -0.3 is 14.8 Å². The Morgan fingerprint density at radius 1 is 1.19 bits per heavy atom. The van der Waals surface area contributed by atoms with Gasteiger partial charge in [0, 0.05) is 48.5 Å². The number of aryl methyl sites for hydroxylation is 1. The van der Waals surface area contributed by atoms with E-state index in [1.165, 1.54) is 0 Å². The van der Waals surface area contributed by atoms with Crippen molar-refractivity contribution in [3.8, 4) is 17.0 Å². The van der Waals surface area contributed by atoms with E-state index in [0.29, 0.717) is 39.3 Å². The molecule has 0 radical (unpaired) electrons. The molecule has 1 fully saturated rings. The number of amides is 1. The lowest BCUT2D eigenvalue weighted by Gasteiger charge is -2.26. The fraction of sp³-hybridized carbons (Fsp3) is 0.304. The number of nitrogens with zero attached hydrogens (tertiary/aromatic N) is 3. The maximum Gasteiger partial charge on any atom is 0.255 e. The number of benzene rings is 2. The van der Waals surface area contributed by atoms with Crippen LogP contribution < -0.4 is 10.1 Å². The van der Waals surface area contributed by atoms with Crippen LogP contribution in [0, 0.1) is 0 Å². The number of ether oxygens (including phenoxy) is 2. The van der Waals surface area contributed by atoms with Gasteiger partial charge in [-0.15, -0.1) is 0 Å². The number of carbonyl (C=O) groups is 1. The van der Waals surface area contributed by atoms with Crippen LogP contribution in [0.3, 0.4) is 0 Å². The predicted octanol–water partition coefficient (Wildman–Crippen LogP) is 4.36. The average molecular weight is 475 g/mol. The minimum Gasteiger partial charge on any atom is -0.492 e.